The number of alkyl halides is 1. The Hall–Kier alpha value is -0.130. The Morgan fingerprint density at radius 1 is 1.53 bits per heavy atom. The van der Waals surface area contributed by atoms with Crippen molar-refractivity contribution in [2.24, 2.45) is 0 Å². The Bertz CT molecular complexity index is 231. The van der Waals surface area contributed by atoms with E-state index in [1.807, 2.05) is 0 Å². The largest absolute Gasteiger partial charge is 0.394 e. The summed E-state index contributed by atoms with van der Waals surface area (Å²) in [6, 6.07) is 0. The van der Waals surface area contributed by atoms with Crippen molar-refractivity contribution in [3.8, 4) is 0 Å². The molecule has 0 aliphatic carbocycles. The second-order valence-electron chi connectivity index (χ2n) is 4.48. The molecule has 0 aromatic heterocycles. The zero-order valence-electron chi connectivity index (χ0n) is 9.18. The van der Waals surface area contributed by atoms with Crippen LogP contribution in [0.4, 0.5) is 0 Å². The minimum atomic E-state index is -0.604. The number of halogens is 1. The monoisotopic (exact) mass is 279 g/mol. The molecule has 1 fully saturated rings. The predicted octanol–water partition coefficient (Wildman–Crippen LogP) is 0.818. The molecule has 0 atom stereocenters. The Labute approximate surface area is 98.5 Å². The van der Waals surface area contributed by atoms with Crippen LogP contribution in [0.5, 0.6) is 0 Å². The van der Waals surface area contributed by atoms with E-state index in [1.165, 1.54) is 0 Å². The summed E-state index contributed by atoms with van der Waals surface area (Å²) < 4.78 is 4.62. The van der Waals surface area contributed by atoms with E-state index >= 15 is 0 Å². The average Bonchev–Trinajstić information content (AvgIpc) is 2.18. The van der Waals surface area contributed by atoms with Gasteiger partial charge in [0, 0.05) is 13.2 Å². The number of aliphatic hydroxyl groups is 1. The molecule has 0 unspecified atom stereocenters. The summed E-state index contributed by atoms with van der Waals surface area (Å²) in [5, 5.41) is 12.3. The number of hydrogen-bond acceptors (Lipinski definition) is 3. The van der Waals surface area contributed by atoms with E-state index in [0.717, 1.165) is 0 Å². The number of amides is 1. The summed E-state index contributed by atoms with van der Waals surface area (Å²) in [4.78, 5) is 11.8. The van der Waals surface area contributed by atoms with Gasteiger partial charge in [-0.15, -0.1) is 0 Å². The maximum Gasteiger partial charge on any atom is 0.236 e. The fourth-order valence-corrected chi connectivity index (χ4v) is 1.57. The molecule has 0 aromatic carbocycles. The Balaban J connectivity index is 2.63. The molecule has 15 heavy (non-hydrogen) atoms. The van der Waals surface area contributed by atoms with E-state index in [2.05, 4.69) is 21.2 Å². The van der Waals surface area contributed by atoms with Gasteiger partial charge in [0.1, 0.15) is 0 Å². The minimum absolute atomic E-state index is 0.0365. The number of nitrogens with one attached hydrogen (secondary N) is 1. The van der Waals surface area contributed by atoms with Crippen molar-refractivity contribution >= 4 is 21.8 Å². The smallest absolute Gasteiger partial charge is 0.236 e. The second-order valence-corrected chi connectivity index (χ2v) is 6.46. The van der Waals surface area contributed by atoms with Gasteiger partial charge in [0.05, 0.1) is 16.5 Å². The van der Waals surface area contributed by atoms with Gasteiger partial charge in [-0.2, -0.15) is 0 Å². The maximum atomic E-state index is 11.8. The van der Waals surface area contributed by atoms with Gasteiger partial charge in [0.25, 0.3) is 0 Å². The molecular formula is C10H18BrNO3. The highest BCUT2D eigenvalue weighted by atomic mass is 79.9. The third-order valence-corrected chi connectivity index (χ3v) is 3.03. The van der Waals surface area contributed by atoms with E-state index < -0.39 is 9.86 Å². The van der Waals surface area contributed by atoms with Crippen LogP contribution in [0.2, 0.25) is 0 Å². The molecule has 0 saturated carbocycles. The molecule has 1 aliphatic rings. The van der Waals surface area contributed by atoms with Gasteiger partial charge in [0.15, 0.2) is 0 Å². The maximum absolute atomic E-state index is 11.8. The number of hydrogen-bond donors (Lipinski definition) is 2. The van der Waals surface area contributed by atoms with E-state index in [1.54, 1.807) is 13.8 Å². The standard InChI is InChI=1S/C10H18BrNO3/c1-9(2,11)8(14)12-10(7-13)3-5-15-6-4-10/h13H,3-7H2,1-2H3,(H,12,14). The Morgan fingerprint density at radius 3 is 2.47 bits per heavy atom. The van der Waals surface area contributed by atoms with Crippen LogP contribution in [0.1, 0.15) is 26.7 Å². The number of ether oxygens (including phenoxy) is 1. The van der Waals surface area contributed by atoms with Crippen LogP contribution in [0.25, 0.3) is 0 Å². The van der Waals surface area contributed by atoms with E-state index in [0.29, 0.717) is 26.1 Å². The predicted molar refractivity (Wildman–Crippen MR) is 61.0 cm³/mol. The number of rotatable bonds is 3. The summed E-state index contributed by atoms with van der Waals surface area (Å²) in [7, 11) is 0. The van der Waals surface area contributed by atoms with Crippen LogP contribution >= 0.6 is 15.9 Å². The van der Waals surface area contributed by atoms with Crippen molar-refractivity contribution in [3.63, 3.8) is 0 Å². The molecule has 1 heterocycles. The van der Waals surface area contributed by atoms with Gasteiger partial charge in [-0.1, -0.05) is 15.9 Å². The summed E-state index contributed by atoms with van der Waals surface area (Å²) in [6.07, 6.45) is 1.33. The van der Waals surface area contributed by atoms with Gasteiger partial charge in [-0.25, -0.2) is 0 Å². The third-order valence-electron chi connectivity index (χ3n) is 2.67. The lowest BCUT2D eigenvalue weighted by atomic mass is 9.90. The first-order chi connectivity index (χ1) is 6.90. The zero-order valence-corrected chi connectivity index (χ0v) is 10.8. The average molecular weight is 280 g/mol. The van der Waals surface area contributed by atoms with Crippen molar-refractivity contribution in [1.29, 1.82) is 0 Å². The van der Waals surface area contributed by atoms with Crippen LogP contribution in [0, 0.1) is 0 Å². The van der Waals surface area contributed by atoms with Gasteiger partial charge >= 0.3 is 0 Å². The van der Waals surface area contributed by atoms with Gasteiger partial charge in [0.2, 0.25) is 5.91 Å². The van der Waals surface area contributed by atoms with Crippen LogP contribution in [0.3, 0.4) is 0 Å². The lowest BCUT2D eigenvalue weighted by molar-refractivity contribution is -0.126. The highest BCUT2D eigenvalue weighted by Crippen LogP contribution is 2.23. The molecule has 1 saturated heterocycles. The highest BCUT2D eigenvalue weighted by Gasteiger charge is 2.36. The topological polar surface area (TPSA) is 58.6 Å². The molecule has 2 N–H and O–H groups in total. The molecule has 0 radical (unpaired) electrons. The van der Waals surface area contributed by atoms with Crippen molar-refractivity contribution < 1.29 is 14.6 Å². The minimum Gasteiger partial charge on any atom is -0.394 e. The normalized spacial score (nSPS) is 21.1. The highest BCUT2D eigenvalue weighted by molar-refractivity contribution is 9.10. The van der Waals surface area contributed by atoms with Gasteiger partial charge in [-0.05, 0) is 26.7 Å². The molecule has 5 heteroatoms. The molecule has 1 aliphatic heterocycles. The zero-order chi connectivity index (χ0) is 11.5. The van der Waals surface area contributed by atoms with Crippen molar-refractivity contribution in [2.75, 3.05) is 19.8 Å². The Kier molecular flexibility index (Phi) is 4.14. The van der Waals surface area contributed by atoms with Crippen molar-refractivity contribution in [1.82, 2.24) is 5.32 Å². The van der Waals surface area contributed by atoms with Crippen LogP contribution in [-0.2, 0) is 9.53 Å². The summed E-state index contributed by atoms with van der Waals surface area (Å²) in [6.45, 7) is 4.71. The molecule has 1 rings (SSSR count). The van der Waals surface area contributed by atoms with Crippen LogP contribution in [0.15, 0.2) is 0 Å². The van der Waals surface area contributed by atoms with Crippen LogP contribution in [-0.4, -0.2) is 40.7 Å². The number of carbonyl (C=O) groups is 1. The quantitative estimate of drug-likeness (QED) is 0.752. The summed E-state index contributed by atoms with van der Waals surface area (Å²) in [5.74, 6) is -0.0987. The van der Waals surface area contributed by atoms with Crippen LogP contribution < -0.4 is 5.32 Å². The van der Waals surface area contributed by atoms with Crippen molar-refractivity contribution in [3.05, 3.63) is 0 Å². The molecular weight excluding hydrogens is 262 g/mol. The van der Waals surface area contributed by atoms with Gasteiger partial charge < -0.3 is 15.2 Å². The van der Waals surface area contributed by atoms with Crippen molar-refractivity contribution in [2.45, 2.75) is 36.6 Å². The molecule has 0 spiro atoms. The summed E-state index contributed by atoms with van der Waals surface area (Å²) >= 11 is 3.30. The lowest BCUT2D eigenvalue weighted by Crippen LogP contribution is -2.57. The second kappa shape index (κ2) is 4.80. The number of aliphatic hydroxyl groups excluding tert-OH is 1. The first-order valence-electron chi connectivity index (χ1n) is 5.10. The molecule has 1 amide bonds. The fraction of sp³-hybridized carbons (Fsp3) is 0.900. The first-order valence-corrected chi connectivity index (χ1v) is 5.89. The molecule has 4 nitrogen and oxygen atoms in total. The molecule has 88 valence electrons. The Morgan fingerprint density at radius 2 is 2.07 bits per heavy atom. The van der Waals surface area contributed by atoms with E-state index in [9.17, 15) is 9.90 Å². The lowest BCUT2D eigenvalue weighted by Gasteiger charge is -2.37. The SMILES string of the molecule is CC(C)(Br)C(=O)NC1(CO)CCOCC1. The fourth-order valence-electron chi connectivity index (χ4n) is 1.47. The third kappa shape index (κ3) is 3.43. The molecule has 0 aromatic rings. The molecule has 0 bridgehead atoms. The van der Waals surface area contributed by atoms with E-state index in [4.69, 9.17) is 4.74 Å². The first kappa shape index (κ1) is 12.9. The summed E-state index contributed by atoms with van der Waals surface area (Å²) in [5.41, 5.74) is -0.500. The van der Waals surface area contributed by atoms with Gasteiger partial charge in [-0.3, -0.25) is 4.79 Å². The van der Waals surface area contributed by atoms with E-state index in [-0.39, 0.29) is 12.5 Å². The number of carbonyl (C=O) groups excluding carboxylic acids is 1.